The zero-order chi connectivity index (χ0) is 14.0. The largest absolute Gasteiger partial charge is 0.480 e. The highest BCUT2D eigenvalue weighted by atomic mass is 35.5. The Morgan fingerprint density at radius 2 is 2.00 bits per heavy atom. The summed E-state index contributed by atoms with van der Waals surface area (Å²) in [7, 11) is 0. The first kappa shape index (κ1) is 14.6. The zero-order valence-electron chi connectivity index (χ0n) is 10.6. The fourth-order valence-corrected chi connectivity index (χ4v) is 2.90. The van der Waals surface area contributed by atoms with Gasteiger partial charge in [-0.3, -0.25) is 4.90 Å². The van der Waals surface area contributed by atoms with Crippen LogP contribution in [-0.2, 0) is 10.3 Å². The number of hydrogen-bond donors (Lipinski definition) is 2. The van der Waals surface area contributed by atoms with Gasteiger partial charge in [-0.25, -0.2) is 4.79 Å². The standard InChI is InChI=1S/C13H16Cl2N2O2/c1-13(12(18)19,17-7-5-16-6-8-17)9-3-2-4-10(14)11(9)15/h2-4,16H,5-8H2,1H3,(H,18,19). The topological polar surface area (TPSA) is 52.6 Å². The smallest absolute Gasteiger partial charge is 0.328 e. The van der Waals surface area contributed by atoms with Crippen molar-refractivity contribution in [3.05, 3.63) is 33.8 Å². The van der Waals surface area contributed by atoms with Gasteiger partial charge in [0.05, 0.1) is 10.0 Å². The number of halogens is 2. The van der Waals surface area contributed by atoms with Gasteiger partial charge in [-0.05, 0) is 13.0 Å². The van der Waals surface area contributed by atoms with Crippen molar-refractivity contribution in [3.8, 4) is 0 Å². The molecule has 1 fully saturated rings. The Kier molecular flexibility index (Phi) is 4.36. The molecule has 0 aromatic heterocycles. The molecule has 1 aromatic rings. The Morgan fingerprint density at radius 3 is 2.58 bits per heavy atom. The van der Waals surface area contributed by atoms with Crippen LogP contribution >= 0.6 is 23.2 Å². The van der Waals surface area contributed by atoms with Crippen molar-refractivity contribution < 1.29 is 9.90 Å². The second-order valence-electron chi connectivity index (χ2n) is 4.72. The zero-order valence-corrected chi connectivity index (χ0v) is 12.1. The van der Waals surface area contributed by atoms with Crippen LogP contribution in [0.3, 0.4) is 0 Å². The van der Waals surface area contributed by atoms with Crippen molar-refractivity contribution in [2.75, 3.05) is 26.2 Å². The number of carboxylic acid groups (broad SMARTS) is 1. The van der Waals surface area contributed by atoms with Gasteiger partial charge < -0.3 is 10.4 Å². The molecule has 104 valence electrons. The molecule has 1 atom stereocenters. The normalized spacial score (nSPS) is 19.9. The summed E-state index contributed by atoms with van der Waals surface area (Å²) in [5, 5.41) is 13.6. The number of aliphatic carboxylic acids is 1. The summed E-state index contributed by atoms with van der Waals surface area (Å²) in [6.45, 7) is 4.53. The van der Waals surface area contributed by atoms with Crippen LogP contribution in [0.2, 0.25) is 10.0 Å². The Morgan fingerprint density at radius 1 is 1.37 bits per heavy atom. The number of hydrogen-bond acceptors (Lipinski definition) is 3. The summed E-state index contributed by atoms with van der Waals surface area (Å²) >= 11 is 12.2. The van der Waals surface area contributed by atoms with Gasteiger partial charge in [0.1, 0.15) is 5.54 Å². The van der Waals surface area contributed by atoms with E-state index in [1.165, 1.54) is 0 Å². The molecule has 4 nitrogen and oxygen atoms in total. The molecule has 2 rings (SSSR count). The van der Waals surface area contributed by atoms with Gasteiger partial charge in [0.25, 0.3) is 0 Å². The summed E-state index contributed by atoms with van der Waals surface area (Å²) in [5.74, 6) is -0.918. The van der Waals surface area contributed by atoms with Gasteiger partial charge in [-0.2, -0.15) is 0 Å². The first-order chi connectivity index (χ1) is 8.98. The Labute approximate surface area is 122 Å². The fourth-order valence-electron chi connectivity index (χ4n) is 2.41. The molecule has 1 aliphatic heterocycles. The van der Waals surface area contributed by atoms with Gasteiger partial charge in [-0.15, -0.1) is 0 Å². The maximum absolute atomic E-state index is 11.8. The lowest BCUT2D eigenvalue weighted by molar-refractivity contribution is -0.151. The molecule has 1 saturated heterocycles. The molecule has 1 aliphatic rings. The molecule has 1 heterocycles. The third-order valence-electron chi connectivity index (χ3n) is 3.64. The highest BCUT2D eigenvalue weighted by Gasteiger charge is 2.43. The quantitative estimate of drug-likeness (QED) is 0.899. The van der Waals surface area contributed by atoms with Crippen LogP contribution in [0.4, 0.5) is 0 Å². The van der Waals surface area contributed by atoms with Gasteiger partial charge >= 0.3 is 5.97 Å². The summed E-state index contributed by atoms with van der Waals surface area (Å²) in [4.78, 5) is 13.7. The van der Waals surface area contributed by atoms with Crippen LogP contribution in [0.5, 0.6) is 0 Å². The van der Waals surface area contributed by atoms with E-state index in [-0.39, 0.29) is 0 Å². The average Bonchev–Trinajstić information content (AvgIpc) is 2.42. The van der Waals surface area contributed by atoms with E-state index in [0.717, 1.165) is 13.1 Å². The molecule has 1 unspecified atom stereocenters. The molecular formula is C13H16Cl2N2O2. The molecular weight excluding hydrogens is 287 g/mol. The lowest BCUT2D eigenvalue weighted by Crippen LogP contribution is -2.56. The van der Waals surface area contributed by atoms with E-state index in [1.807, 2.05) is 4.90 Å². The number of nitrogens with one attached hydrogen (secondary N) is 1. The lowest BCUT2D eigenvalue weighted by atomic mass is 9.89. The minimum atomic E-state index is -1.16. The van der Waals surface area contributed by atoms with Gasteiger partial charge in [0.2, 0.25) is 0 Å². The second kappa shape index (κ2) is 5.67. The number of carbonyl (C=O) groups is 1. The van der Waals surface area contributed by atoms with Gasteiger partial charge in [0, 0.05) is 31.7 Å². The van der Waals surface area contributed by atoms with Crippen LogP contribution in [0.15, 0.2) is 18.2 Å². The van der Waals surface area contributed by atoms with E-state index in [1.54, 1.807) is 25.1 Å². The SMILES string of the molecule is CC(C(=O)O)(c1cccc(Cl)c1Cl)N1CCNCC1. The summed E-state index contributed by atoms with van der Waals surface area (Å²) in [6, 6.07) is 5.12. The molecule has 0 aliphatic carbocycles. The van der Waals surface area contributed by atoms with Crippen LogP contribution in [0.25, 0.3) is 0 Å². The van der Waals surface area contributed by atoms with Crippen LogP contribution in [0.1, 0.15) is 12.5 Å². The van der Waals surface area contributed by atoms with Crippen molar-refractivity contribution in [1.82, 2.24) is 10.2 Å². The van der Waals surface area contributed by atoms with Crippen LogP contribution in [0, 0.1) is 0 Å². The van der Waals surface area contributed by atoms with Crippen molar-refractivity contribution in [1.29, 1.82) is 0 Å². The summed E-state index contributed by atoms with van der Waals surface area (Å²) in [6.07, 6.45) is 0. The number of piperazine rings is 1. The average molecular weight is 303 g/mol. The molecule has 1 aromatic carbocycles. The Balaban J connectivity index is 2.49. The monoisotopic (exact) mass is 302 g/mol. The highest BCUT2D eigenvalue weighted by molar-refractivity contribution is 6.42. The lowest BCUT2D eigenvalue weighted by Gasteiger charge is -2.41. The Hall–Kier alpha value is -0.810. The number of rotatable bonds is 3. The maximum atomic E-state index is 11.8. The van der Waals surface area contributed by atoms with Crippen molar-refractivity contribution in [2.24, 2.45) is 0 Å². The summed E-state index contributed by atoms with van der Waals surface area (Å²) in [5.41, 5.74) is -0.625. The van der Waals surface area contributed by atoms with E-state index in [4.69, 9.17) is 23.2 Å². The van der Waals surface area contributed by atoms with E-state index < -0.39 is 11.5 Å². The summed E-state index contributed by atoms with van der Waals surface area (Å²) < 4.78 is 0. The minimum Gasteiger partial charge on any atom is -0.480 e. The molecule has 0 radical (unpaired) electrons. The first-order valence-electron chi connectivity index (χ1n) is 6.11. The van der Waals surface area contributed by atoms with Crippen molar-refractivity contribution in [3.63, 3.8) is 0 Å². The number of nitrogens with zero attached hydrogens (tertiary/aromatic N) is 1. The van der Waals surface area contributed by atoms with Crippen molar-refractivity contribution >= 4 is 29.2 Å². The van der Waals surface area contributed by atoms with E-state index in [9.17, 15) is 9.90 Å². The molecule has 0 bridgehead atoms. The molecule has 2 N–H and O–H groups in total. The third kappa shape index (κ3) is 2.58. The van der Waals surface area contributed by atoms with Crippen molar-refractivity contribution in [2.45, 2.75) is 12.5 Å². The predicted molar refractivity (Wildman–Crippen MR) is 75.9 cm³/mol. The van der Waals surface area contributed by atoms with E-state index in [2.05, 4.69) is 5.32 Å². The minimum absolute atomic E-state index is 0.313. The second-order valence-corrected chi connectivity index (χ2v) is 5.50. The first-order valence-corrected chi connectivity index (χ1v) is 6.87. The molecule has 6 heteroatoms. The fraction of sp³-hybridized carbons (Fsp3) is 0.462. The molecule has 0 amide bonds. The Bertz CT molecular complexity index is 490. The molecule has 19 heavy (non-hydrogen) atoms. The van der Waals surface area contributed by atoms with E-state index >= 15 is 0 Å². The van der Waals surface area contributed by atoms with Crippen LogP contribution in [-0.4, -0.2) is 42.2 Å². The maximum Gasteiger partial charge on any atom is 0.328 e. The third-order valence-corrected chi connectivity index (χ3v) is 4.46. The van der Waals surface area contributed by atoms with Gasteiger partial charge in [0.15, 0.2) is 0 Å². The number of benzene rings is 1. The molecule has 0 saturated carbocycles. The number of carboxylic acids is 1. The highest BCUT2D eigenvalue weighted by Crippen LogP contribution is 2.37. The van der Waals surface area contributed by atoms with Crippen LogP contribution < -0.4 is 5.32 Å². The van der Waals surface area contributed by atoms with E-state index in [0.29, 0.717) is 28.7 Å². The van der Waals surface area contributed by atoms with Gasteiger partial charge in [-0.1, -0.05) is 35.3 Å². The molecule has 0 spiro atoms. The predicted octanol–water partition coefficient (Wildman–Crippen LogP) is 2.20.